The minimum atomic E-state index is -0.115. The number of hydrogen-bond donors (Lipinski definition) is 2. The average Bonchev–Trinajstić information content (AvgIpc) is 3.42. The fourth-order valence-electron chi connectivity index (χ4n) is 3.98. The number of likely N-dealkylation sites (tertiary alicyclic amines) is 1. The van der Waals surface area contributed by atoms with Crippen LogP contribution in [0.1, 0.15) is 19.3 Å². The Morgan fingerprint density at radius 1 is 1.06 bits per heavy atom. The highest BCUT2D eigenvalue weighted by Crippen LogP contribution is 2.35. The zero-order valence-corrected chi connectivity index (χ0v) is 18.1. The van der Waals surface area contributed by atoms with E-state index in [1.165, 1.54) is 11.2 Å². The molecule has 1 fully saturated rings. The maximum absolute atomic E-state index is 11.7. The second-order valence-electron chi connectivity index (χ2n) is 7.79. The molecule has 1 aliphatic heterocycles. The van der Waals surface area contributed by atoms with Gasteiger partial charge in [0.05, 0.1) is 19.2 Å². The molecule has 0 radical (unpaired) electrons. The Kier molecular flexibility index (Phi) is 5.52. The summed E-state index contributed by atoms with van der Waals surface area (Å²) in [5, 5.41) is 5.26. The third-order valence-corrected chi connectivity index (χ3v) is 5.68. The van der Waals surface area contributed by atoms with Crippen LogP contribution in [-0.4, -0.2) is 51.9 Å². The summed E-state index contributed by atoms with van der Waals surface area (Å²) in [6, 6.07) is 11.7. The van der Waals surface area contributed by atoms with Crippen LogP contribution in [0.4, 0.5) is 11.5 Å². The Hall–Kier alpha value is -4.14. The highest BCUT2D eigenvalue weighted by molar-refractivity contribution is 6.01. The van der Waals surface area contributed by atoms with Crippen LogP contribution in [0.3, 0.4) is 0 Å². The fourth-order valence-corrected chi connectivity index (χ4v) is 3.98. The number of rotatable bonds is 8. The molecule has 2 aromatic heterocycles. The molecule has 2 aromatic carbocycles. The molecule has 0 spiro atoms. The second-order valence-corrected chi connectivity index (χ2v) is 7.79. The van der Waals surface area contributed by atoms with Crippen molar-refractivity contribution in [3.63, 3.8) is 0 Å². The Morgan fingerprint density at radius 3 is 2.73 bits per heavy atom. The van der Waals surface area contributed by atoms with Gasteiger partial charge in [0.1, 0.15) is 12.1 Å². The van der Waals surface area contributed by atoms with Crippen molar-refractivity contribution in [3.05, 3.63) is 48.9 Å². The molecule has 0 bridgehead atoms. The van der Waals surface area contributed by atoms with Crippen LogP contribution >= 0.6 is 0 Å². The van der Waals surface area contributed by atoms with Crippen molar-refractivity contribution in [2.24, 2.45) is 0 Å². The maximum atomic E-state index is 11.7. The molecule has 0 atom stereocenters. The maximum Gasteiger partial charge on any atom is 0.229 e. The van der Waals surface area contributed by atoms with Crippen molar-refractivity contribution < 1.29 is 19.1 Å². The first-order valence-electron chi connectivity index (χ1n) is 10.8. The Balaban J connectivity index is 1.33. The summed E-state index contributed by atoms with van der Waals surface area (Å²) in [5.74, 6) is 1.52. The van der Waals surface area contributed by atoms with Crippen molar-refractivity contribution in [2.75, 3.05) is 25.6 Å². The third kappa shape index (κ3) is 4.17. The number of anilines is 2. The average molecular weight is 445 g/mol. The van der Waals surface area contributed by atoms with E-state index in [0.29, 0.717) is 55.2 Å². The number of aromatic amines is 1. The van der Waals surface area contributed by atoms with Crippen LogP contribution in [0.15, 0.2) is 48.9 Å². The first kappa shape index (κ1) is 20.7. The van der Waals surface area contributed by atoms with Gasteiger partial charge in [0, 0.05) is 53.6 Å². The molecule has 1 saturated heterocycles. The van der Waals surface area contributed by atoms with Gasteiger partial charge in [-0.25, -0.2) is 9.97 Å². The molecule has 5 rings (SSSR count). The van der Waals surface area contributed by atoms with Gasteiger partial charge in [0.2, 0.25) is 11.8 Å². The van der Waals surface area contributed by atoms with Crippen LogP contribution in [0.5, 0.6) is 11.5 Å². The van der Waals surface area contributed by atoms with Gasteiger partial charge in [-0.3, -0.25) is 14.5 Å². The van der Waals surface area contributed by atoms with Crippen molar-refractivity contribution in [3.8, 4) is 11.5 Å². The number of hydrogen-bond acceptors (Lipinski definition) is 7. The van der Waals surface area contributed by atoms with Gasteiger partial charge >= 0.3 is 0 Å². The van der Waals surface area contributed by atoms with Crippen LogP contribution in [0.2, 0.25) is 0 Å². The van der Waals surface area contributed by atoms with E-state index in [-0.39, 0.29) is 11.8 Å². The Labute approximate surface area is 189 Å². The zero-order valence-electron chi connectivity index (χ0n) is 18.1. The molecule has 9 heteroatoms. The smallest absolute Gasteiger partial charge is 0.229 e. The highest BCUT2D eigenvalue weighted by atomic mass is 16.5. The lowest BCUT2D eigenvalue weighted by molar-refractivity contribution is -0.138. The van der Waals surface area contributed by atoms with Gasteiger partial charge in [0.25, 0.3) is 0 Å². The van der Waals surface area contributed by atoms with Gasteiger partial charge in [-0.15, -0.1) is 0 Å². The topological polar surface area (TPSA) is 109 Å². The summed E-state index contributed by atoms with van der Waals surface area (Å²) in [6.07, 6.45) is 4.54. The van der Waals surface area contributed by atoms with Crippen molar-refractivity contribution in [1.29, 1.82) is 0 Å². The number of methoxy groups -OCH3 is 1. The molecule has 33 heavy (non-hydrogen) atoms. The molecule has 3 heterocycles. The van der Waals surface area contributed by atoms with E-state index in [0.717, 1.165) is 22.0 Å². The first-order valence-corrected chi connectivity index (χ1v) is 10.8. The van der Waals surface area contributed by atoms with Gasteiger partial charge in [0.15, 0.2) is 11.5 Å². The van der Waals surface area contributed by atoms with Crippen LogP contribution in [-0.2, 0) is 9.59 Å². The first-order chi connectivity index (χ1) is 16.1. The lowest BCUT2D eigenvalue weighted by atomic mass is 10.2. The van der Waals surface area contributed by atoms with Crippen molar-refractivity contribution >= 4 is 45.1 Å². The van der Waals surface area contributed by atoms with Gasteiger partial charge in [-0.1, -0.05) is 0 Å². The lowest BCUT2D eigenvalue weighted by Gasteiger charge is -2.16. The van der Waals surface area contributed by atoms with E-state index >= 15 is 0 Å². The second kappa shape index (κ2) is 8.78. The Bertz CT molecular complexity index is 1330. The number of carbonyl (C=O) groups is 2. The van der Waals surface area contributed by atoms with E-state index in [9.17, 15) is 9.59 Å². The standard InChI is InChI=1S/C24H23N5O4/c1-32-20-12-17-19(13-21(20)33-10-2-9-29-22(30)5-6-23(29)31)26-14-27-24(17)28-16-3-4-18-15(11-16)7-8-25-18/h3-4,7-8,11-14,25H,2,5-6,9-10H2,1H3,(H,26,27,28). The number of amides is 2. The molecule has 2 amide bonds. The summed E-state index contributed by atoms with van der Waals surface area (Å²) in [4.78, 5) is 36.7. The summed E-state index contributed by atoms with van der Waals surface area (Å²) >= 11 is 0. The third-order valence-electron chi connectivity index (χ3n) is 5.68. The molecule has 2 N–H and O–H groups in total. The molecule has 1 aliphatic rings. The molecular formula is C24H23N5O4. The predicted molar refractivity (Wildman–Crippen MR) is 124 cm³/mol. The number of H-pyrrole nitrogens is 1. The summed E-state index contributed by atoms with van der Waals surface area (Å²) < 4.78 is 11.4. The van der Waals surface area contributed by atoms with Crippen LogP contribution in [0.25, 0.3) is 21.8 Å². The van der Waals surface area contributed by atoms with Crippen molar-refractivity contribution in [2.45, 2.75) is 19.3 Å². The summed E-state index contributed by atoms with van der Waals surface area (Å²) in [5.41, 5.74) is 2.68. The monoisotopic (exact) mass is 445 g/mol. The minimum Gasteiger partial charge on any atom is -0.493 e. The minimum absolute atomic E-state index is 0.115. The zero-order chi connectivity index (χ0) is 22.8. The number of imide groups is 1. The number of carbonyl (C=O) groups excluding carboxylic acids is 2. The predicted octanol–water partition coefficient (Wildman–Crippen LogP) is 3.78. The summed E-state index contributed by atoms with van der Waals surface area (Å²) in [7, 11) is 1.58. The molecule has 9 nitrogen and oxygen atoms in total. The number of aromatic nitrogens is 3. The normalized spacial score (nSPS) is 13.8. The number of ether oxygens (including phenoxy) is 2. The summed E-state index contributed by atoms with van der Waals surface area (Å²) in [6.45, 7) is 0.696. The van der Waals surface area contributed by atoms with Crippen LogP contribution in [0, 0.1) is 0 Å². The number of benzene rings is 2. The van der Waals surface area contributed by atoms with Gasteiger partial charge in [-0.2, -0.15) is 0 Å². The molecular weight excluding hydrogens is 422 g/mol. The van der Waals surface area contributed by atoms with E-state index < -0.39 is 0 Å². The quantitative estimate of drug-likeness (QED) is 0.314. The number of nitrogens with one attached hydrogen (secondary N) is 2. The molecule has 4 aromatic rings. The van der Waals surface area contributed by atoms with Crippen LogP contribution < -0.4 is 14.8 Å². The Morgan fingerprint density at radius 2 is 1.91 bits per heavy atom. The largest absolute Gasteiger partial charge is 0.493 e. The van der Waals surface area contributed by atoms with Crippen molar-refractivity contribution in [1.82, 2.24) is 19.9 Å². The lowest BCUT2D eigenvalue weighted by Crippen LogP contribution is -2.30. The van der Waals surface area contributed by atoms with E-state index in [2.05, 4.69) is 20.3 Å². The van der Waals surface area contributed by atoms with Gasteiger partial charge < -0.3 is 19.8 Å². The molecule has 0 unspecified atom stereocenters. The highest BCUT2D eigenvalue weighted by Gasteiger charge is 2.28. The molecule has 168 valence electrons. The van der Waals surface area contributed by atoms with E-state index in [1.54, 1.807) is 7.11 Å². The molecule has 0 aliphatic carbocycles. The fraction of sp³-hybridized carbons (Fsp3) is 0.250. The number of fused-ring (bicyclic) bond motifs is 2. The van der Waals surface area contributed by atoms with Gasteiger partial charge in [-0.05, 0) is 36.8 Å². The SMILES string of the molecule is COc1cc2c(Nc3ccc4[nH]ccc4c3)ncnc2cc1OCCCN1C(=O)CCC1=O. The van der Waals surface area contributed by atoms with E-state index in [1.807, 2.05) is 42.6 Å². The van der Waals surface area contributed by atoms with E-state index in [4.69, 9.17) is 9.47 Å². The molecule has 0 saturated carbocycles. The number of nitrogens with zero attached hydrogens (tertiary/aromatic N) is 3.